The van der Waals surface area contributed by atoms with Crippen molar-refractivity contribution in [3.63, 3.8) is 0 Å². The molecule has 0 atom stereocenters. The number of carbonyl (C=O) groups is 1. The Labute approximate surface area is 171 Å². The lowest BCUT2D eigenvalue weighted by molar-refractivity contribution is 0.102. The number of hydrogen-bond donors (Lipinski definition) is 2. The molecule has 7 nitrogen and oxygen atoms in total. The molecular weight excluding hydrogens is 364 g/mol. The molecular formula is C22H26N6O. The maximum atomic E-state index is 12.6. The third-order valence-electron chi connectivity index (χ3n) is 4.67. The van der Waals surface area contributed by atoms with E-state index < -0.39 is 0 Å². The van der Waals surface area contributed by atoms with Gasteiger partial charge in [-0.05, 0) is 56.2 Å². The van der Waals surface area contributed by atoms with Crippen molar-refractivity contribution in [1.29, 1.82) is 0 Å². The van der Waals surface area contributed by atoms with Gasteiger partial charge in [-0.3, -0.25) is 9.78 Å². The zero-order valence-corrected chi connectivity index (χ0v) is 17.0. The second-order valence-electron chi connectivity index (χ2n) is 6.64. The molecule has 2 aromatic heterocycles. The SMILES string of the molecule is CCN(CC)c1ccc(NC(=O)c2cnc(NCc3cccnc3)nc2)c(C)c1. The molecule has 1 aromatic carbocycles. The van der Waals surface area contributed by atoms with Gasteiger partial charge in [-0.1, -0.05) is 6.07 Å². The fourth-order valence-electron chi connectivity index (χ4n) is 2.99. The molecule has 0 saturated carbocycles. The number of pyridine rings is 1. The van der Waals surface area contributed by atoms with E-state index in [9.17, 15) is 4.79 Å². The average Bonchev–Trinajstić information content (AvgIpc) is 2.76. The Kier molecular flexibility index (Phi) is 6.73. The van der Waals surface area contributed by atoms with Gasteiger partial charge >= 0.3 is 0 Å². The van der Waals surface area contributed by atoms with Crippen molar-refractivity contribution in [2.45, 2.75) is 27.3 Å². The van der Waals surface area contributed by atoms with Crippen molar-refractivity contribution in [2.75, 3.05) is 28.6 Å². The second-order valence-corrected chi connectivity index (χ2v) is 6.64. The van der Waals surface area contributed by atoms with E-state index in [2.05, 4.69) is 50.4 Å². The van der Waals surface area contributed by atoms with Gasteiger partial charge in [0.05, 0.1) is 5.56 Å². The van der Waals surface area contributed by atoms with Crippen molar-refractivity contribution >= 4 is 23.2 Å². The van der Waals surface area contributed by atoms with Crippen LogP contribution >= 0.6 is 0 Å². The zero-order valence-electron chi connectivity index (χ0n) is 17.0. The predicted molar refractivity (Wildman–Crippen MR) is 116 cm³/mol. The van der Waals surface area contributed by atoms with Gasteiger partial charge in [0.2, 0.25) is 5.95 Å². The molecule has 0 unspecified atom stereocenters. The number of aromatic nitrogens is 3. The Morgan fingerprint density at radius 1 is 1.07 bits per heavy atom. The number of amides is 1. The fraction of sp³-hybridized carbons (Fsp3) is 0.273. The van der Waals surface area contributed by atoms with Crippen LogP contribution in [-0.4, -0.2) is 33.9 Å². The first-order chi connectivity index (χ1) is 14.1. The highest BCUT2D eigenvalue weighted by Gasteiger charge is 2.11. The summed E-state index contributed by atoms with van der Waals surface area (Å²) in [6.45, 7) is 8.70. The number of nitrogens with one attached hydrogen (secondary N) is 2. The van der Waals surface area contributed by atoms with Crippen LogP contribution in [0.5, 0.6) is 0 Å². The van der Waals surface area contributed by atoms with E-state index in [1.54, 1.807) is 12.4 Å². The lowest BCUT2D eigenvalue weighted by Gasteiger charge is -2.22. The molecule has 7 heteroatoms. The number of carbonyl (C=O) groups excluding carboxylic acids is 1. The Morgan fingerprint density at radius 3 is 2.45 bits per heavy atom. The quantitative estimate of drug-likeness (QED) is 0.607. The van der Waals surface area contributed by atoms with Crippen molar-refractivity contribution in [3.05, 3.63) is 71.8 Å². The van der Waals surface area contributed by atoms with Gasteiger partial charge < -0.3 is 15.5 Å². The van der Waals surface area contributed by atoms with Gasteiger partial charge in [-0.2, -0.15) is 0 Å². The third kappa shape index (κ3) is 5.28. The minimum atomic E-state index is -0.234. The van der Waals surface area contributed by atoms with E-state index in [4.69, 9.17) is 0 Å². The monoisotopic (exact) mass is 390 g/mol. The van der Waals surface area contributed by atoms with Gasteiger partial charge in [0, 0.05) is 55.8 Å². The first-order valence-corrected chi connectivity index (χ1v) is 9.72. The maximum Gasteiger partial charge on any atom is 0.258 e. The van der Waals surface area contributed by atoms with E-state index in [1.165, 1.54) is 12.4 Å². The summed E-state index contributed by atoms with van der Waals surface area (Å²) in [6.07, 6.45) is 6.55. The third-order valence-corrected chi connectivity index (χ3v) is 4.67. The Bertz CT molecular complexity index is 939. The summed E-state index contributed by atoms with van der Waals surface area (Å²) < 4.78 is 0. The second kappa shape index (κ2) is 9.64. The summed E-state index contributed by atoms with van der Waals surface area (Å²) >= 11 is 0. The Balaban J connectivity index is 1.62. The van der Waals surface area contributed by atoms with Crippen molar-refractivity contribution in [2.24, 2.45) is 0 Å². The zero-order chi connectivity index (χ0) is 20.6. The molecule has 3 rings (SSSR count). The lowest BCUT2D eigenvalue weighted by Crippen LogP contribution is -2.22. The minimum absolute atomic E-state index is 0.234. The molecule has 0 radical (unpaired) electrons. The van der Waals surface area contributed by atoms with Gasteiger partial charge in [0.15, 0.2) is 0 Å². The number of hydrogen-bond acceptors (Lipinski definition) is 6. The van der Waals surface area contributed by atoms with Crippen LogP contribution in [0.25, 0.3) is 0 Å². The van der Waals surface area contributed by atoms with Crippen molar-refractivity contribution in [1.82, 2.24) is 15.0 Å². The summed E-state index contributed by atoms with van der Waals surface area (Å²) in [5.41, 5.74) is 4.38. The minimum Gasteiger partial charge on any atom is -0.372 e. The van der Waals surface area contributed by atoms with Gasteiger partial charge in [0.25, 0.3) is 5.91 Å². The number of anilines is 3. The van der Waals surface area contributed by atoms with Crippen LogP contribution in [0.15, 0.2) is 55.1 Å². The summed E-state index contributed by atoms with van der Waals surface area (Å²) in [5.74, 6) is 0.229. The summed E-state index contributed by atoms with van der Waals surface area (Å²) in [7, 11) is 0. The number of rotatable bonds is 8. The molecule has 0 fully saturated rings. The first-order valence-electron chi connectivity index (χ1n) is 9.72. The highest BCUT2D eigenvalue weighted by molar-refractivity contribution is 6.04. The van der Waals surface area contributed by atoms with Crippen LogP contribution in [0.4, 0.5) is 17.3 Å². The topological polar surface area (TPSA) is 83.0 Å². The van der Waals surface area contributed by atoms with Crippen molar-refractivity contribution < 1.29 is 4.79 Å². The summed E-state index contributed by atoms with van der Waals surface area (Å²) in [4.78, 5) is 27.4. The predicted octanol–water partition coefficient (Wildman–Crippen LogP) is 3.89. The molecule has 0 aliphatic heterocycles. The molecule has 0 spiro atoms. The molecule has 0 aliphatic rings. The number of benzene rings is 1. The van der Waals surface area contributed by atoms with E-state index in [0.717, 1.165) is 35.6 Å². The largest absolute Gasteiger partial charge is 0.372 e. The smallest absolute Gasteiger partial charge is 0.258 e. The van der Waals surface area contributed by atoms with Gasteiger partial charge in [-0.25, -0.2) is 9.97 Å². The van der Waals surface area contributed by atoms with E-state index in [0.29, 0.717) is 18.1 Å². The van der Waals surface area contributed by atoms with Crippen LogP contribution in [-0.2, 0) is 6.54 Å². The van der Waals surface area contributed by atoms with Crippen LogP contribution < -0.4 is 15.5 Å². The van der Waals surface area contributed by atoms with Gasteiger partial charge in [0.1, 0.15) is 0 Å². The molecule has 2 heterocycles. The molecule has 3 aromatic rings. The normalized spacial score (nSPS) is 10.4. The maximum absolute atomic E-state index is 12.6. The first kappa shape index (κ1) is 20.3. The van der Waals surface area contributed by atoms with Crippen LogP contribution in [0.3, 0.4) is 0 Å². The molecule has 1 amide bonds. The summed E-state index contributed by atoms with van der Waals surface area (Å²) in [5, 5.41) is 6.05. The fourth-order valence-corrected chi connectivity index (χ4v) is 2.99. The highest BCUT2D eigenvalue weighted by Crippen LogP contribution is 2.23. The Morgan fingerprint density at radius 2 is 1.83 bits per heavy atom. The van der Waals surface area contributed by atoms with Crippen LogP contribution in [0, 0.1) is 6.92 Å². The average molecular weight is 390 g/mol. The van der Waals surface area contributed by atoms with E-state index in [1.807, 2.05) is 31.2 Å². The lowest BCUT2D eigenvalue weighted by atomic mass is 10.1. The molecule has 0 aliphatic carbocycles. The van der Waals surface area contributed by atoms with E-state index in [-0.39, 0.29) is 5.91 Å². The number of aryl methyl sites for hydroxylation is 1. The molecule has 29 heavy (non-hydrogen) atoms. The van der Waals surface area contributed by atoms with Crippen LogP contribution in [0.1, 0.15) is 35.3 Å². The standard InChI is InChI=1S/C22H26N6O/c1-4-28(5-2)19-8-9-20(16(3)11-19)27-21(29)18-14-25-22(26-15-18)24-13-17-7-6-10-23-12-17/h6-12,14-15H,4-5,13H2,1-3H3,(H,27,29)(H,24,25,26). The molecule has 0 bridgehead atoms. The Hall–Kier alpha value is -3.48. The summed E-state index contributed by atoms with van der Waals surface area (Å²) in [6, 6.07) is 9.89. The van der Waals surface area contributed by atoms with E-state index >= 15 is 0 Å². The number of nitrogens with zero attached hydrogens (tertiary/aromatic N) is 4. The van der Waals surface area contributed by atoms with Crippen LogP contribution in [0.2, 0.25) is 0 Å². The highest BCUT2D eigenvalue weighted by atomic mass is 16.1. The molecule has 0 saturated heterocycles. The molecule has 150 valence electrons. The molecule has 2 N–H and O–H groups in total. The van der Waals surface area contributed by atoms with Gasteiger partial charge in [-0.15, -0.1) is 0 Å². The van der Waals surface area contributed by atoms with Crippen molar-refractivity contribution in [3.8, 4) is 0 Å².